The molecule has 0 saturated heterocycles. The molecule has 3 nitrogen and oxygen atoms in total. The van der Waals surface area contributed by atoms with Crippen molar-refractivity contribution < 1.29 is 17.6 Å². The summed E-state index contributed by atoms with van der Waals surface area (Å²) in [6, 6.07) is 3.84. The van der Waals surface area contributed by atoms with Crippen LogP contribution in [0.2, 0.25) is 0 Å². The smallest absolute Gasteiger partial charge is 0.254 e. The van der Waals surface area contributed by atoms with E-state index in [0.717, 1.165) is 22.3 Å². The zero-order valence-corrected chi connectivity index (χ0v) is 12.1. The number of benzene rings is 1. The summed E-state index contributed by atoms with van der Waals surface area (Å²) >= 11 is 0. The quantitative estimate of drug-likeness (QED) is 0.402. The lowest BCUT2D eigenvalue weighted by Gasteiger charge is -2.08. The molecule has 1 N–H and O–H groups in total. The van der Waals surface area contributed by atoms with E-state index in [1.54, 1.807) is 0 Å². The van der Waals surface area contributed by atoms with E-state index in [9.17, 15) is 17.6 Å². The predicted octanol–water partition coefficient (Wildman–Crippen LogP) is 4.01. The Kier molecular flexibility index (Phi) is 4.44. The number of nitrogens with zero attached hydrogens (tertiary/aromatic N) is 2. The van der Waals surface area contributed by atoms with Crippen LogP contribution in [-0.2, 0) is 0 Å². The van der Waals surface area contributed by atoms with Gasteiger partial charge in [0.25, 0.3) is 11.9 Å². The summed E-state index contributed by atoms with van der Waals surface area (Å²) in [4.78, 5) is 2.46. The summed E-state index contributed by atoms with van der Waals surface area (Å²) in [6.07, 6.45) is 1.33. The van der Waals surface area contributed by atoms with Gasteiger partial charge in [0.2, 0.25) is 11.6 Å². The Bertz CT molecular complexity index is 708. The molecule has 0 saturated carbocycles. The fourth-order valence-electron chi connectivity index (χ4n) is 2.14. The van der Waals surface area contributed by atoms with Crippen LogP contribution >= 0.6 is 0 Å². The maximum Gasteiger partial charge on any atom is 0.254 e. The largest absolute Gasteiger partial charge is 0.272 e. The molecule has 7 heteroatoms. The molecule has 0 radical (unpaired) electrons. The average Bonchev–Trinajstić information content (AvgIpc) is 2.42. The van der Waals surface area contributed by atoms with Gasteiger partial charge in [-0.25, -0.2) is 0 Å². The van der Waals surface area contributed by atoms with Gasteiger partial charge in [-0.15, -0.1) is 0 Å². The second kappa shape index (κ2) is 6.13. The number of hydrogen-bond donors (Lipinski definition) is 1. The molecule has 0 unspecified atom stereocenters. The normalized spacial score (nSPS) is 11.2. The molecule has 0 atom stereocenters. The van der Waals surface area contributed by atoms with Gasteiger partial charge in [-0.1, -0.05) is 17.7 Å². The van der Waals surface area contributed by atoms with Crippen molar-refractivity contribution >= 4 is 11.9 Å². The number of anilines is 1. The summed E-state index contributed by atoms with van der Waals surface area (Å²) in [5.41, 5.74) is 4.59. The van der Waals surface area contributed by atoms with E-state index >= 15 is 0 Å². The summed E-state index contributed by atoms with van der Waals surface area (Å²) in [7, 11) is 0. The summed E-state index contributed by atoms with van der Waals surface area (Å²) in [5.74, 6) is -6.74. The molecule has 0 aliphatic carbocycles. The minimum atomic E-state index is -1.74. The third kappa shape index (κ3) is 3.08. The second-order valence-corrected chi connectivity index (χ2v) is 4.88. The van der Waals surface area contributed by atoms with Crippen LogP contribution in [0.4, 0.5) is 23.2 Å². The van der Waals surface area contributed by atoms with Crippen molar-refractivity contribution in [3.63, 3.8) is 0 Å². The van der Waals surface area contributed by atoms with Crippen molar-refractivity contribution in [2.45, 2.75) is 20.8 Å². The second-order valence-electron chi connectivity index (χ2n) is 4.88. The third-order valence-electron chi connectivity index (χ3n) is 3.11. The molecule has 0 aliphatic heterocycles. The number of halogens is 4. The highest BCUT2D eigenvalue weighted by molar-refractivity contribution is 5.84. The molecule has 0 amide bonds. The molecule has 0 bridgehead atoms. The van der Waals surface area contributed by atoms with Crippen LogP contribution in [0.15, 0.2) is 17.2 Å². The topological polar surface area (TPSA) is 37.3 Å². The number of aromatic nitrogens is 1. The van der Waals surface area contributed by atoms with Crippen LogP contribution < -0.4 is 5.43 Å². The average molecular weight is 311 g/mol. The lowest BCUT2D eigenvalue weighted by Crippen LogP contribution is -2.06. The van der Waals surface area contributed by atoms with Crippen LogP contribution in [0.25, 0.3) is 0 Å². The molecule has 116 valence electrons. The Hall–Kier alpha value is -2.44. The summed E-state index contributed by atoms with van der Waals surface area (Å²) in [6.45, 7) is 5.65. The molecule has 0 aliphatic rings. The molecule has 1 aromatic heterocycles. The Morgan fingerprint density at radius 3 is 1.95 bits per heavy atom. The Balaban J connectivity index is 2.32. The zero-order valence-electron chi connectivity index (χ0n) is 12.1. The van der Waals surface area contributed by atoms with E-state index in [0.29, 0.717) is 0 Å². The fourth-order valence-corrected chi connectivity index (χ4v) is 2.14. The molecule has 2 aromatic rings. The maximum absolute atomic E-state index is 13.4. The lowest BCUT2D eigenvalue weighted by atomic mass is 10.0. The van der Waals surface area contributed by atoms with E-state index in [1.165, 1.54) is 6.21 Å². The molecule has 1 heterocycles. The summed E-state index contributed by atoms with van der Waals surface area (Å²) < 4.78 is 52.7. The van der Waals surface area contributed by atoms with E-state index in [1.807, 2.05) is 38.3 Å². The Morgan fingerprint density at radius 2 is 1.45 bits per heavy atom. The van der Waals surface area contributed by atoms with E-state index in [4.69, 9.17) is 0 Å². The van der Waals surface area contributed by atoms with Crippen LogP contribution in [-0.4, -0.2) is 11.2 Å². The SMILES string of the molecule is Cc1cc(C)c(/C=N/Nc2c(F)c(F)nc(F)c2F)c(C)c1. The molecular weight excluding hydrogens is 298 g/mol. The Labute approximate surface area is 124 Å². The van der Waals surface area contributed by atoms with Gasteiger partial charge in [-0.3, -0.25) is 5.43 Å². The predicted molar refractivity (Wildman–Crippen MR) is 75.9 cm³/mol. The lowest BCUT2D eigenvalue weighted by molar-refractivity contribution is 0.411. The first-order valence-corrected chi connectivity index (χ1v) is 6.38. The van der Waals surface area contributed by atoms with Crippen LogP contribution in [0, 0.1) is 44.3 Å². The van der Waals surface area contributed by atoms with Crippen LogP contribution in [0.3, 0.4) is 0 Å². The van der Waals surface area contributed by atoms with Crippen molar-refractivity contribution in [1.82, 2.24) is 4.98 Å². The third-order valence-corrected chi connectivity index (χ3v) is 3.11. The minimum Gasteiger partial charge on any atom is -0.272 e. The van der Waals surface area contributed by atoms with Crippen molar-refractivity contribution in [3.8, 4) is 0 Å². The Morgan fingerprint density at radius 1 is 0.955 bits per heavy atom. The molecule has 22 heavy (non-hydrogen) atoms. The monoisotopic (exact) mass is 311 g/mol. The first-order chi connectivity index (χ1) is 10.3. The highest BCUT2D eigenvalue weighted by Gasteiger charge is 2.20. The maximum atomic E-state index is 13.4. The molecular formula is C15H13F4N3. The van der Waals surface area contributed by atoms with Crippen molar-refractivity contribution in [2.24, 2.45) is 5.10 Å². The van der Waals surface area contributed by atoms with E-state index in [2.05, 4.69) is 10.1 Å². The van der Waals surface area contributed by atoms with Gasteiger partial charge in [-0.05, 0) is 31.9 Å². The van der Waals surface area contributed by atoms with Crippen LogP contribution in [0.5, 0.6) is 0 Å². The van der Waals surface area contributed by atoms with Gasteiger partial charge < -0.3 is 0 Å². The first-order valence-electron chi connectivity index (χ1n) is 6.38. The molecule has 0 fully saturated rings. The minimum absolute atomic E-state index is 0.744. The van der Waals surface area contributed by atoms with E-state index < -0.39 is 29.2 Å². The number of pyridine rings is 1. The number of nitrogens with one attached hydrogen (secondary N) is 1. The zero-order chi connectivity index (χ0) is 16.4. The molecule has 2 rings (SSSR count). The number of aryl methyl sites for hydroxylation is 3. The molecule has 1 aromatic carbocycles. The fraction of sp³-hybridized carbons (Fsp3) is 0.200. The van der Waals surface area contributed by atoms with E-state index in [-0.39, 0.29) is 0 Å². The van der Waals surface area contributed by atoms with Gasteiger partial charge in [0.1, 0.15) is 5.69 Å². The van der Waals surface area contributed by atoms with Crippen LogP contribution in [0.1, 0.15) is 22.3 Å². The highest BCUT2D eigenvalue weighted by Crippen LogP contribution is 2.22. The van der Waals surface area contributed by atoms with Crippen molar-refractivity contribution in [1.29, 1.82) is 0 Å². The molecule has 0 spiro atoms. The van der Waals surface area contributed by atoms with Gasteiger partial charge in [-0.2, -0.15) is 27.6 Å². The summed E-state index contributed by atoms with van der Waals surface area (Å²) in [5, 5.41) is 3.65. The van der Waals surface area contributed by atoms with Crippen molar-refractivity contribution in [3.05, 3.63) is 57.9 Å². The van der Waals surface area contributed by atoms with Gasteiger partial charge in [0.15, 0.2) is 0 Å². The van der Waals surface area contributed by atoms with Crippen molar-refractivity contribution in [2.75, 3.05) is 5.43 Å². The number of hydrogen-bond acceptors (Lipinski definition) is 3. The van der Waals surface area contributed by atoms with Gasteiger partial charge >= 0.3 is 0 Å². The standard InChI is InChI=1S/C15H13F4N3/c1-7-4-8(2)10(9(3)5-7)6-20-22-13-11(16)14(18)21-15(19)12(13)17/h4-6H,1-3H3,(H,21,22)/b20-6+. The number of hydrazone groups is 1. The highest BCUT2D eigenvalue weighted by atomic mass is 19.2. The number of rotatable bonds is 3. The van der Waals surface area contributed by atoms with Gasteiger partial charge in [0.05, 0.1) is 6.21 Å². The van der Waals surface area contributed by atoms with Gasteiger partial charge in [0, 0.05) is 5.56 Å². The first kappa shape index (κ1) is 15.9.